The van der Waals surface area contributed by atoms with Crippen LogP contribution in [0.25, 0.3) is 0 Å². The van der Waals surface area contributed by atoms with Crippen LogP contribution >= 0.6 is 34.3 Å². The van der Waals surface area contributed by atoms with Crippen LogP contribution in [0.2, 0.25) is 0 Å². The van der Waals surface area contributed by atoms with Crippen molar-refractivity contribution >= 4 is 45.4 Å². The first-order chi connectivity index (χ1) is 21.8. The van der Waals surface area contributed by atoms with Gasteiger partial charge in [-0.2, -0.15) is 0 Å². The average molecular weight is 653 g/mol. The molecule has 2 aliphatic heterocycles. The molecule has 1 amide bonds. The van der Waals surface area contributed by atoms with Crippen LogP contribution in [0, 0.1) is 60.2 Å². The maximum Gasteiger partial charge on any atom is 0.253 e. The number of piperidine rings is 2. The number of benzene rings is 2. The standard InChI is InChI=1S/C18H16N2OS.C11H12N2S.C7H5ClO/c1-13-19-16(11-22-13)7-8-18-9-15(18)10-20(12-18)17(21)14-5-3-2-4-6-14;1-8-13-10(6-14-8)2-3-11-4-9(11)5-12-7-11;8-7(9)6-4-2-1-3-5-6/h2-6,11,15H,9-10,12H2,1H3;6,9,12H,4-5,7H2,1H3;1-5H. The van der Waals surface area contributed by atoms with Crippen molar-refractivity contribution in [2.24, 2.45) is 22.7 Å². The number of thiazole rings is 2. The van der Waals surface area contributed by atoms with E-state index in [4.69, 9.17) is 11.6 Å². The molecule has 2 aromatic heterocycles. The van der Waals surface area contributed by atoms with Crippen molar-refractivity contribution in [3.63, 3.8) is 0 Å². The normalized spacial score (nSPS) is 24.6. The van der Waals surface area contributed by atoms with Gasteiger partial charge >= 0.3 is 0 Å². The van der Waals surface area contributed by atoms with Crippen LogP contribution in [0.4, 0.5) is 0 Å². The highest BCUT2D eigenvalue weighted by Crippen LogP contribution is 2.57. The fourth-order valence-corrected chi connectivity index (χ4v) is 7.13. The molecule has 0 bridgehead atoms. The van der Waals surface area contributed by atoms with Gasteiger partial charge in [0.1, 0.15) is 11.4 Å². The van der Waals surface area contributed by atoms with E-state index in [9.17, 15) is 9.59 Å². The predicted octanol–water partition coefficient (Wildman–Crippen LogP) is 6.44. The molecule has 4 aliphatic rings. The summed E-state index contributed by atoms with van der Waals surface area (Å²) in [6, 6.07) is 18.2. The number of amides is 1. The van der Waals surface area contributed by atoms with E-state index in [2.05, 4.69) is 39.0 Å². The van der Waals surface area contributed by atoms with E-state index in [0.717, 1.165) is 65.5 Å². The molecular formula is C36H33ClN4O2S2. The first-order valence-electron chi connectivity index (χ1n) is 15.0. The Bertz CT molecular complexity index is 1820. The first-order valence-corrected chi connectivity index (χ1v) is 17.1. The molecule has 0 radical (unpaired) electrons. The monoisotopic (exact) mass is 652 g/mol. The maximum atomic E-state index is 12.5. The molecule has 8 rings (SSSR count). The fourth-order valence-electron chi connectivity index (χ4n) is 5.91. The molecule has 45 heavy (non-hydrogen) atoms. The lowest BCUT2D eigenvalue weighted by Crippen LogP contribution is -2.31. The number of rotatable bonds is 2. The minimum absolute atomic E-state index is 0.0158. The van der Waals surface area contributed by atoms with Gasteiger partial charge in [-0.1, -0.05) is 60.4 Å². The second-order valence-corrected chi connectivity index (χ2v) is 14.4. The molecule has 2 aromatic carbocycles. The van der Waals surface area contributed by atoms with E-state index in [1.807, 2.05) is 65.9 Å². The Hall–Kier alpha value is -3.79. The molecule has 6 nitrogen and oxygen atoms in total. The van der Waals surface area contributed by atoms with Gasteiger partial charge in [-0.15, -0.1) is 22.7 Å². The van der Waals surface area contributed by atoms with E-state index in [-0.39, 0.29) is 11.3 Å². The molecule has 4 aromatic rings. The number of fused-ring (bicyclic) bond motifs is 2. The molecule has 9 heteroatoms. The van der Waals surface area contributed by atoms with Gasteiger partial charge in [0.2, 0.25) is 0 Å². The van der Waals surface area contributed by atoms with Gasteiger partial charge in [0.15, 0.2) is 0 Å². The summed E-state index contributed by atoms with van der Waals surface area (Å²) < 4.78 is 0. The minimum Gasteiger partial charge on any atom is -0.337 e. The highest BCUT2D eigenvalue weighted by molar-refractivity contribution is 7.09. The smallest absolute Gasteiger partial charge is 0.253 e. The van der Waals surface area contributed by atoms with Gasteiger partial charge in [0, 0.05) is 46.9 Å². The quantitative estimate of drug-likeness (QED) is 0.199. The van der Waals surface area contributed by atoms with Crippen LogP contribution in [0.1, 0.15) is 55.0 Å². The zero-order valence-corrected chi connectivity index (χ0v) is 27.6. The number of aromatic nitrogens is 2. The number of carbonyl (C=O) groups is 2. The molecule has 4 fully saturated rings. The third-order valence-corrected chi connectivity index (χ3v) is 10.4. The number of carbonyl (C=O) groups excluding carboxylic acids is 2. The lowest BCUT2D eigenvalue weighted by molar-refractivity contribution is 0.0770. The molecule has 4 heterocycles. The lowest BCUT2D eigenvalue weighted by Gasteiger charge is -2.19. The van der Waals surface area contributed by atoms with Crippen LogP contribution in [-0.2, 0) is 0 Å². The Morgan fingerprint density at radius 3 is 1.87 bits per heavy atom. The van der Waals surface area contributed by atoms with Crippen molar-refractivity contribution in [3.8, 4) is 23.7 Å². The Morgan fingerprint density at radius 1 is 0.844 bits per heavy atom. The SMILES string of the molecule is Cc1nc(C#CC23CC2CN(C(=O)c2ccccc2)C3)cs1.Cc1nc(C#CC23CNCC2C3)cs1.O=C(Cl)c1ccccc1. The Kier molecular flexibility index (Phi) is 9.21. The number of hydrogen-bond acceptors (Lipinski definition) is 7. The predicted molar refractivity (Wildman–Crippen MR) is 180 cm³/mol. The van der Waals surface area contributed by atoms with Crippen LogP contribution in [-0.4, -0.2) is 52.2 Å². The van der Waals surface area contributed by atoms with E-state index >= 15 is 0 Å². The number of halogens is 1. The van der Waals surface area contributed by atoms with Gasteiger partial charge in [0.25, 0.3) is 11.1 Å². The number of likely N-dealkylation sites (tertiary alicyclic amines) is 1. The highest BCUT2D eigenvalue weighted by atomic mass is 35.5. The minimum atomic E-state index is -0.407. The molecule has 4 unspecified atom stereocenters. The Morgan fingerprint density at radius 2 is 1.40 bits per heavy atom. The summed E-state index contributed by atoms with van der Waals surface area (Å²) in [6.07, 6.45) is 2.40. The van der Waals surface area contributed by atoms with Crippen LogP contribution < -0.4 is 5.32 Å². The summed E-state index contributed by atoms with van der Waals surface area (Å²) in [5.41, 5.74) is 3.44. The third kappa shape index (κ3) is 7.54. The van der Waals surface area contributed by atoms with E-state index < -0.39 is 5.24 Å². The molecule has 0 spiro atoms. The average Bonchev–Trinajstić information content (AvgIpc) is 3.51. The molecule has 2 saturated heterocycles. The lowest BCUT2D eigenvalue weighted by atomic mass is 10.1. The summed E-state index contributed by atoms with van der Waals surface area (Å²) in [6.45, 7) is 7.83. The summed E-state index contributed by atoms with van der Waals surface area (Å²) in [5.74, 6) is 14.7. The highest BCUT2D eigenvalue weighted by Gasteiger charge is 2.60. The van der Waals surface area contributed by atoms with Gasteiger partial charge in [-0.3, -0.25) is 9.59 Å². The zero-order valence-electron chi connectivity index (χ0n) is 25.2. The first kappa shape index (κ1) is 31.2. The topological polar surface area (TPSA) is 75.2 Å². The summed E-state index contributed by atoms with van der Waals surface area (Å²) >= 11 is 8.46. The summed E-state index contributed by atoms with van der Waals surface area (Å²) in [7, 11) is 0. The molecule has 1 N–H and O–H groups in total. The van der Waals surface area contributed by atoms with Crippen molar-refractivity contribution in [1.29, 1.82) is 0 Å². The van der Waals surface area contributed by atoms with Crippen molar-refractivity contribution in [3.05, 3.63) is 104 Å². The van der Waals surface area contributed by atoms with Crippen LogP contribution in [0.3, 0.4) is 0 Å². The Labute approximate surface area is 277 Å². The summed E-state index contributed by atoms with van der Waals surface area (Å²) in [4.78, 5) is 33.6. The third-order valence-electron chi connectivity index (χ3n) is 8.63. The van der Waals surface area contributed by atoms with Crippen molar-refractivity contribution < 1.29 is 9.59 Å². The molecular weight excluding hydrogens is 620 g/mol. The van der Waals surface area contributed by atoms with E-state index in [1.165, 1.54) is 6.42 Å². The number of hydrogen-bond donors (Lipinski definition) is 1. The van der Waals surface area contributed by atoms with Gasteiger partial charge in [-0.25, -0.2) is 9.97 Å². The second kappa shape index (κ2) is 13.3. The van der Waals surface area contributed by atoms with Crippen LogP contribution in [0.5, 0.6) is 0 Å². The molecule has 2 aliphatic carbocycles. The van der Waals surface area contributed by atoms with Crippen molar-refractivity contribution in [1.82, 2.24) is 20.2 Å². The number of nitrogens with zero attached hydrogens (tertiary/aromatic N) is 3. The van der Waals surface area contributed by atoms with Crippen molar-refractivity contribution in [2.75, 3.05) is 26.2 Å². The second-order valence-electron chi connectivity index (χ2n) is 11.9. The van der Waals surface area contributed by atoms with E-state index in [0.29, 0.717) is 16.9 Å². The maximum absolute atomic E-state index is 12.5. The molecule has 2 saturated carbocycles. The van der Waals surface area contributed by atoms with Gasteiger partial charge < -0.3 is 10.2 Å². The van der Waals surface area contributed by atoms with Gasteiger partial charge in [-0.05, 0) is 80.6 Å². The van der Waals surface area contributed by atoms with Crippen molar-refractivity contribution in [2.45, 2.75) is 26.7 Å². The number of aryl methyl sites for hydroxylation is 2. The zero-order chi connectivity index (χ0) is 31.4. The summed E-state index contributed by atoms with van der Waals surface area (Å²) in [5, 5.41) is 9.16. The largest absolute Gasteiger partial charge is 0.337 e. The fraction of sp³-hybridized carbons (Fsp3) is 0.333. The van der Waals surface area contributed by atoms with Crippen LogP contribution in [0.15, 0.2) is 71.4 Å². The Balaban J connectivity index is 0.000000132. The van der Waals surface area contributed by atoms with E-state index in [1.54, 1.807) is 46.9 Å². The molecule has 228 valence electrons. The number of nitrogens with one attached hydrogen (secondary N) is 1. The molecule has 4 atom stereocenters. The van der Waals surface area contributed by atoms with Gasteiger partial charge in [0.05, 0.1) is 15.4 Å².